The standard InChI is InChI=1S/C43H71N7O11S/c1-8-36-41(52)49(3)37-32-45-42(47-39(37)50(36)34-11-9-10-12-34)46-35-14-13-33(31-38(35)54-4)40(51)44-15-17-55-19-21-57-23-25-59-27-28-60-26-24-58-22-20-56-18-16-48(2)43(53)61-29-30-62(5,6)7/h13-14,31-32,34,36H,8-12,15-30H2,1-7H3,(H,44,51)(H,45,46,47)/t36-/m1/s1. The number of methoxy groups -OCH3 is 1. The Morgan fingerprint density at radius 1 is 0.855 bits per heavy atom. The third-order valence-electron chi connectivity index (χ3n) is 10.3. The van der Waals surface area contributed by atoms with Crippen LogP contribution in [0.5, 0.6) is 5.75 Å². The maximum absolute atomic E-state index is 13.2. The van der Waals surface area contributed by atoms with Crippen molar-refractivity contribution < 1.29 is 52.3 Å². The molecule has 1 saturated carbocycles. The molecular formula is C43H71N7O11S. The van der Waals surface area contributed by atoms with E-state index in [9.17, 15) is 14.4 Å². The molecule has 0 radical (unpaired) electrons. The first-order valence-corrected chi connectivity index (χ1v) is 24.6. The normalized spacial score (nSPS) is 15.7. The molecule has 2 aliphatic rings. The van der Waals surface area contributed by atoms with E-state index >= 15 is 0 Å². The van der Waals surface area contributed by atoms with Gasteiger partial charge >= 0.3 is 6.09 Å². The second-order valence-electron chi connectivity index (χ2n) is 15.9. The van der Waals surface area contributed by atoms with Crippen molar-refractivity contribution in [2.75, 3.05) is 160 Å². The number of anilines is 4. The highest BCUT2D eigenvalue weighted by Crippen LogP contribution is 2.40. The summed E-state index contributed by atoms with van der Waals surface area (Å²) in [4.78, 5) is 52.9. The van der Waals surface area contributed by atoms with Crippen molar-refractivity contribution in [3.05, 3.63) is 30.0 Å². The minimum Gasteiger partial charge on any atom is -0.495 e. The Kier molecular flexibility index (Phi) is 22.3. The molecule has 19 heteroatoms. The van der Waals surface area contributed by atoms with Crippen LogP contribution in [-0.4, -0.2) is 190 Å². The largest absolute Gasteiger partial charge is 0.495 e. The van der Waals surface area contributed by atoms with Crippen LogP contribution in [0.2, 0.25) is 0 Å². The van der Waals surface area contributed by atoms with Gasteiger partial charge in [-0.15, -0.1) is 0 Å². The third kappa shape index (κ3) is 17.0. The number of nitrogens with one attached hydrogen (secondary N) is 2. The molecule has 4 rings (SSSR count). The maximum Gasteiger partial charge on any atom is 0.409 e. The average Bonchev–Trinajstić information content (AvgIpc) is 3.79. The van der Waals surface area contributed by atoms with Gasteiger partial charge in [-0.3, -0.25) is 9.59 Å². The zero-order valence-corrected chi connectivity index (χ0v) is 38.8. The van der Waals surface area contributed by atoms with Gasteiger partial charge in [-0.05, 0) is 56.2 Å². The molecule has 3 amide bonds. The van der Waals surface area contributed by atoms with Crippen LogP contribution >= 0.6 is 10.0 Å². The van der Waals surface area contributed by atoms with Crippen molar-refractivity contribution in [2.45, 2.75) is 51.1 Å². The second kappa shape index (κ2) is 27.3. The Hall–Kier alpha value is -3.98. The molecular weight excluding hydrogens is 823 g/mol. The van der Waals surface area contributed by atoms with Crippen molar-refractivity contribution in [3.63, 3.8) is 0 Å². The topological polar surface area (TPSA) is 185 Å². The molecule has 2 aromatic rings. The molecule has 1 aliphatic heterocycles. The molecule has 18 nitrogen and oxygen atoms in total. The van der Waals surface area contributed by atoms with Crippen molar-refractivity contribution in [3.8, 4) is 5.75 Å². The lowest BCUT2D eigenvalue weighted by Crippen LogP contribution is -2.55. The fraction of sp³-hybridized carbons (Fsp3) is 0.698. The van der Waals surface area contributed by atoms with Gasteiger partial charge in [0.25, 0.3) is 5.91 Å². The minimum atomic E-state index is -0.685. The first-order chi connectivity index (χ1) is 29.9. The van der Waals surface area contributed by atoms with Gasteiger partial charge in [-0.2, -0.15) is 4.98 Å². The summed E-state index contributed by atoms with van der Waals surface area (Å²) in [5.41, 5.74) is 1.74. The average molecular weight is 894 g/mol. The molecule has 2 heterocycles. The van der Waals surface area contributed by atoms with Gasteiger partial charge in [0.15, 0.2) is 5.82 Å². The number of fused-ring (bicyclic) bond motifs is 1. The fourth-order valence-corrected chi connectivity index (χ4v) is 7.41. The van der Waals surface area contributed by atoms with Crippen LogP contribution in [-0.2, 0) is 38.0 Å². The smallest absolute Gasteiger partial charge is 0.409 e. The molecule has 1 atom stereocenters. The Morgan fingerprint density at radius 3 is 2.00 bits per heavy atom. The molecule has 350 valence electrons. The molecule has 0 unspecified atom stereocenters. The van der Waals surface area contributed by atoms with Crippen LogP contribution in [0.25, 0.3) is 0 Å². The number of ether oxygens (including phenoxy) is 8. The Balaban J connectivity index is 0.988. The lowest BCUT2D eigenvalue weighted by molar-refractivity contribution is -0.120. The maximum atomic E-state index is 13.2. The van der Waals surface area contributed by atoms with E-state index in [1.807, 2.05) is 6.92 Å². The van der Waals surface area contributed by atoms with Crippen molar-refractivity contribution >= 4 is 51.1 Å². The second-order valence-corrected chi connectivity index (χ2v) is 20.5. The summed E-state index contributed by atoms with van der Waals surface area (Å²) in [7, 11) is 4.34. The Morgan fingerprint density at radius 2 is 1.44 bits per heavy atom. The first kappa shape index (κ1) is 50.7. The van der Waals surface area contributed by atoms with Crippen LogP contribution in [0.4, 0.5) is 27.9 Å². The van der Waals surface area contributed by atoms with Gasteiger partial charge in [0, 0.05) is 44.5 Å². The van der Waals surface area contributed by atoms with Crippen LogP contribution in [0.3, 0.4) is 0 Å². The van der Waals surface area contributed by atoms with E-state index in [0.29, 0.717) is 134 Å². The number of hydrogen-bond donors (Lipinski definition) is 2. The molecule has 1 aliphatic carbocycles. The van der Waals surface area contributed by atoms with E-state index < -0.39 is 10.0 Å². The molecule has 1 aromatic heterocycles. The number of nitrogens with zero attached hydrogens (tertiary/aromatic N) is 5. The fourth-order valence-electron chi connectivity index (χ4n) is 6.82. The van der Waals surface area contributed by atoms with E-state index in [0.717, 1.165) is 37.3 Å². The summed E-state index contributed by atoms with van der Waals surface area (Å²) >= 11 is 0. The Labute approximate surface area is 369 Å². The molecule has 0 saturated heterocycles. The summed E-state index contributed by atoms with van der Waals surface area (Å²) in [6.07, 6.45) is 13.0. The van der Waals surface area contributed by atoms with Crippen molar-refractivity contribution in [2.24, 2.45) is 0 Å². The van der Waals surface area contributed by atoms with Crippen molar-refractivity contribution in [1.29, 1.82) is 0 Å². The number of carbonyl (C=O) groups excluding carboxylic acids is 3. The highest BCUT2D eigenvalue weighted by Gasteiger charge is 2.41. The zero-order valence-electron chi connectivity index (χ0n) is 37.9. The summed E-state index contributed by atoms with van der Waals surface area (Å²) in [5.74, 6) is 2.29. The SMILES string of the molecule is CC[C@@H]1C(=O)N(C)c2cnc(Nc3ccc(C(=O)NCCOCCOCCOCCOCCOCCOCCN(C)C(=O)OCCS(C)(C)C)cc3OC)nc2N1C1CCCC1. The van der Waals surface area contributed by atoms with E-state index in [1.54, 1.807) is 50.5 Å². The van der Waals surface area contributed by atoms with E-state index in [1.165, 1.54) is 4.90 Å². The lowest BCUT2D eigenvalue weighted by Gasteiger charge is -2.43. The summed E-state index contributed by atoms with van der Waals surface area (Å²) in [6, 6.07) is 5.14. The number of benzene rings is 1. The minimum absolute atomic E-state index is 0.0636. The summed E-state index contributed by atoms with van der Waals surface area (Å²) in [6.45, 7) is 8.36. The van der Waals surface area contributed by atoms with Crippen molar-refractivity contribution in [1.82, 2.24) is 20.2 Å². The predicted octanol–water partition coefficient (Wildman–Crippen LogP) is 4.32. The van der Waals surface area contributed by atoms with E-state index in [2.05, 4.69) is 39.3 Å². The number of aromatic nitrogens is 2. The van der Waals surface area contributed by atoms with Gasteiger partial charge in [-0.25, -0.2) is 19.8 Å². The quantitative estimate of drug-likeness (QED) is 0.106. The number of hydrogen-bond acceptors (Lipinski definition) is 15. The van der Waals surface area contributed by atoms with E-state index in [4.69, 9.17) is 42.9 Å². The van der Waals surface area contributed by atoms with Gasteiger partial charge in [0.2, 0.25) is 11.9 Å². The summed E-state index contributed by atoms with van der Waals surface area (Å²) in [5, 5.41) is 6.13. The number of likely N-dealkylation sites (N-methyl/N-ethyl adjacent to an activating group) is 2. The van der Waals surface area contributed by atoms with Crippen LogP contribution in [0, 0.1) is 0 Å². The summed E-state index contributed by atoms with van der Waals surface area (Å²) < 4.78 is 44.2. The third-order valence-corrected chi connectivity index (χ3v) is 11.7. The van der Waals surface area contributed by atoms with E-state index in [-0.39, 0.29) is 30.0 Å². The number of rotatable bonds is 30. The highest BCUT2D eigenvalue weighted by atomic mass is 32.3. The zero-order chi connectivity index (χ0) is 44.7. The number of amides is 3. The first-order valence-electron chi connectivity index (χ1n) is 21.6. The monoisotopic (exact) mass is 893 g/mol. The van der Waals surface area contributed by atoms with Gasteiger partial charge in [-0.1, -0.05) is 19.8 Å². The molecule has 1 fully saturated rings. The molecule has 1 aromatic carbocycles. The highest BCUT2D eigenvalue weighted by molar-refractivity contribution is 8.32. The lowest BCUT2D eigenvalue weighted by atomic mass is 10.0. The molecule has 0 bridgehead atoms. The molecule has 0 spiro atoms. The molecule has 2 N–H and O–H groups in total. The predicted molar refractivity (Wildman–Crippen MR) is 242 cm³/mol. The van der Waals surface area contributed by atoms with Crippen LogP contribution in [0.15, 0.2) is 24.4 Å². The number of carbonyl (C=O) groups is 3. The Bertz CT molecular complexity index is 1660. The van der Waals surface area contributed by atoms with Crippen LogP contribution < -0.4 is 25.2 Å². The molecule has 62 heavy (non-hydrogen) atoms. The van der Waals surface area contributed by atoms with Gasteiger partial charge < -0.3 is 63.2 Å². The van der Waals surface area contributed by atoms with Gasteiger partial charge in [0.1, 0.15) is 24.1 Å². The van der Waals surface area contributed by atoms with Crippen LogP contribution in [0.1, 0.15) is 49.4 Å². The van der Waals surface area contributed by atoms with Gasteiger partial charge in [0.05, 0.1) is 98.3 Å².